The Morgan fingerprint density at radius 1 is 0.864 bits per heavy atom. The van der Waals surface area contributed by atoms with Crippen molar-refractivity contribution in [3.63, 3.8) is 0 Å². The fourth-order valence-electron chi connectivity index (χ4n) is 2.49. The van der Waals surface area contributed by atoms with Crippen molar-refractivity contribution < 1.29 is 30.0 Å². The van der Waals surface area contributed by atoms with E-state index in [1.807, 2.05) is 0 Å². The van der Waals surface area contributed by atoms with Crippen LogP contribution < -0.4 is 0 Å². The Morgan fingerprint density at radius 3 is 1.50 bits per heavy atom. The van der Waals surface area contributed by atoms with E-state index in [4.69, 9.17) is 20.4 Å². The molecule has 0 heterocycles. The Labute approximate surface area is 129 Å². The summed E-state index contributed by atoms with van der Waals surface area (Å²) in [7, 11) is 0. The van der Waals surface area contributed by atoms with Crippen molar-refractivity contribution in [3.8, 4) is 0 Å². The molecule has 0 aliphatic heterocycles. The molecule has 0 amide bonds. The molecule has 0 spiro atoms. The number of carbonyl (C=O) groups is 2. The van der Waals surface area contributed by atoms with Crippen molar-refractivity contribution in [2.45, 2.75) is 25.7 Å². The van der Waals surface area contributed by atoms with Crippen LogP contribution in [0.2, 0.25) is 0 Å². The molecule has 2 atom stereocenters. The van der Waals surface area contributed by atoms with Crippen molar-refractivity contribution in [1.29, 1.82) is 0 Å². The quantitative estimate of drug-likeness (QED) is 0.675. The van der Waals surface area contributed by atoms with Crippen LogP contribution in [-0.4, -0.2) is 45.6 Å². The van der Waals surface area contributed by atoms with Gasteiger partial charge in [0, 0.05) is 13.2 Å². The Kier molecular flexibility index (Phi) is 7.56. The standard InChI is InChI=1S/C8H6O4.C8H16O2/c9-7(10)5-1-2-6(4-3-5)8(11)12;9-5-7-2-1-3-8(4-7)6-10/h1-4H,(H,9,10)(H,11,12);7-10H,1-6H2. The lowest BCUT2D eigenvalue weighted by Gasteiger charge is -2.26. The number of aromatic carboxylic acids is 2. The molecule has 122 valence electrons. The number of aliphatic hydroxyl groups is 2. The summed E-state index contributed by atoms with van der Waals surface area (Å²) in [5.41, 5.74) is 0.167. The van der Waals surface area contributed by atoms with Gasteiger partial charge in [0.1, 0.15) is 0 Å². The highest BCUT2D eigenvalue weighted by atomic mass is 16.4. The van der Waals surface area contributed by atoms with Crippen LogP contribution >= 0.6 is 0 Å². The lowest BCUT2D eigenvalue weighted by Crippen LogP contribution is -2.20. The second-order valence-corrected chi connectivity index (χ2v) is 5.45. The van der Waals surface area contributed by atoms with Gasteiger partial charge in [-0.15, -0.1) is 0 Å². The Bertz CT molecular complexity index is 439. The molecule has 22 heavy (non-hydrogen) atoms. The maximum absolute atomic E-state index is 10.3. The first kappa shape index (κ1) is 18.1. The molecule has 6 heteroatoms. The molecule has 2 unspecified atom stereocenters. The van der Waals surface area contributed by atoms with Gasteiger partial charge in [-0.3, -0.25) is 0 Å². The molecule has 0 aromatic heterocycles. The van der Waals surface area contributed by atoms with Gasteiger partial charge in [-0.25, -0.2) is 9.59 Å². The van der Waals surface area contributed by atoms with Gasteiger partial charge in [-0.1, -0.05) is 6.42 Å². The van der Waals surface area contributed by atoms with Crippen LogP contribution in [0, 0.1) is 11.8 Å². The third-order valence-corrected chi connectivity index (χ3v) is 3.79. The fraction of sp³-hybridized carbons (Fsp3) is 0.500. The molecule has 1 fully saturated rings. The number of benzene rings is 1. The normalized spacial score (nSPS) is 20.6. The van der Waals surface area contributed by atoms with E-state index >= 15 is 0 Å². The first-order valence-corrected chi connectivity index (χ1v) is 7.26. The molecule has 1 aromatic carbocycles. The van der Waals surface area contributed by atoms with E-state index in [1.54, 1.807) is 0 Å². The Balaban J connectivity index is 0.000000224. The number of carboxylic acids is 2. The molecule has 4 N–H and O–H groups in total. The molecule has 2 rings (SSSR count). The summed E-state index contributed by atoms with van der Waals surface area (Å²) in [5.74, 6) is -1.20. The highest BCUT2D eigenvalue weighted by Crippen LogP contribution is 2.27. The van der Waals surface area contributed by atoms with E-state index in [-0.39, 0.29) is 11.1 Å². The zero-order chi connectivity index (χ0) is 16.5. The number of aliphatic hydroxyl groups excluding tert-OH is 2. The minimum Gasteiger partial charge on any atom is -0.478 e. The Morgan fingerprint density at radius 2 is 1.23 bits per heavy atom. The third kappa shape index (κ3) is 5.83. The van der Waals surface area contributed by atoms with Gasteiger partial charge in [0.2, 0.25) is 0 Å². The molecule has 1 aliphatic carbocycles. The SMILES string of the molecule is O=C(O)c1ccc(C(=O)O)cc1.OCC1CCCC(CO)C1. The van der Waals surface area contributed by atoms with E-state index in [2.05, 4.69) is 0 Å². The predicted molar refractivity (Wildman–Crippen MR) is 80.0 cm³/mol. The van der Waals surface area contributed by atoms with E-state index in [1.165, 1.54) is 30.7 Å². The maximum Gasteiger partial charge on any atom is 0.335 e. The third-order valence-electron chi connectivity index (χ3n) is 3.79. The number of hydrogen-bond donors (Lipinski definition) is 4. The van der Waals surface area contributed by atoms with Crippen LogP contribution in [0.15, 0.2) is 24.3 Å². The van der Waals surface area contributed by atoms with E-state index in [0.717, 1.165) is 19.3 Å². The minimum atomic E-state index is -1.06. The smallest absolute Gasteiger partial charge is 0.335 e. The van der Waals surface area contributed by atoms with Crippen molar-refractivity contribution in [2.75, 3.05) is 13.2 Å². The number of rotatable bonds is 4. The van der Waals surface area contributed by atoms with Crippen LogP contribution in [0.4, 0.5) is 0 Å². The van der Waals surface area contributed by atoms with Crippen molar-refractivity contribution in [2.24, 2.45) is 11.8 Å². The monoisotopic (exact) mass is 310 g/mol. The van der Waals surface area contributed by atoms with Gasteiger partial charge in [-0.2, -0.15) is 0 Å². The summed E-state index contributed by atoms with van der Waals surface area (Å²) in [6.45, 7) is 0.604. The Hall–Kier alpha value is -1.92. The number of hydrogen-bond acceptors (Lipinski definition) is 4. The highest BCUT2D eigenvalue weighted by molar-refractivity contribution is 5.91. The molecule has 0 saturated heterocycles. The summed E-state index contributed by atoms with van der Waals surface area (Å²) in [5, 5.41) is 34.6. The van der Waals surface area contributed by atoms with E-state index in [0.29, 0.717) is 25.0 Å². The first-order chi connectivity index (χ1) is 10.5. The van der Waals surface area contributed by atoms with Crippen LogP contribution in [0.25, 0.3) is 0 Å². The fourth-order valence-corrected chi connectivity index (χ4v) is 2.49. The van der Waals surface area contributed by atoms with Crippen LogP contribution in [0.5, 0.6) is 0 Å². The summed E-state index contributed by atoms with van der Waals surface area (Å²) in [4.78, 5) is 20.7. The zero-order valence-corrected chi connectivity index (χ0v) is 12.3. The summed E-state index contributed by atoms with van der Waals surface area (Å²) >= 11 is 0. The van der Waals surface area contributed by atoms with Crippen LogP contribution in [-0.2, 0) is 0 Å². The predicted octanol–water partition coefficient (Wildman–Crippen LogP) is 1.86. The second-order valence-electron chi connectivity index (χ2n) is 5.45. The second kappa shape index (κ2) is 9.17. The van der Waals surface area contributed by atoms with Crippen molar-refractivity contribution in [1.82, 2.24) is 0 Å². The topological polar surface area (TPSA) is 115 Å². The summed E-state index contributed by atoms with van der Waals surface area (Å²) in [6.07, 6.45) is 4.49. The van der Waals surface area contributed by atoms with E-state index < -0.39 is 11.9 Å². The molecule has 1 aliphatic rings. The molecule has 0 bridgehead atoms. The van der Waals surface area contributed by atoms with Crippen LogP contribution in [0.1, 0.15) is 46.4 Å². The summed E-state index contributed by atoms with van der Waals surface area (Å²) < 4.78 is 0. The highest BCUT2D eigenvalue weighted by Gasteiger charge is 2.20. The van der Waals surface area contributed by atoms with Crippen molar-refractivity contribution in [3.05, 3.63) is 35.4 Å². The molecule has 6 nitrogen and oxygen atoms in total. The molecular weight excluding hydrogens is 288 g/mol. The minimum absolute atomic E-state index is 0.0833. The average Bonchev–Trinajstić information content (AvgIpc) is 2.55. The van der Waals surface area contributed by atoms with Gasteiger partial charge in [-0.05, 0) is 55.4 Å². The van der Waals surface area contributed by atoms with Gasteiger partial charge in [0.25, 0.3) is 0 Å². The lowest BCUT2D eigenvalue weighted by molar-refractivity contribution is 0.0681. The average molecular weight is 310 g/mol. The first-order valence-electron chi connectivity index (χ1n) is 7.26. The largest absolute Gasteiger partial charge is 0.478 e. The zero-order valence-electron chi connectivity index (χ0n) is 12.3. The molecule has 1 aromatic rings. The van der Waals surface area contributed by atoms with Crippen LogP contribution in [0.3, 0.4) is 0 Å². The molecular formula is C16H22O6. The molecule has 0 radical (unpaired) electrons. The van der Waals surface area contributed by atoms with Gasteiger partial charge < -0.3 is 20.4 Å². The van der Waals surface area contributed by atoms with Gasteiger partial charge >= 0.3 is 11.9 Å². The summed E-state index contributed by atoms with van der Waals surface area (Å²) in [6, 6.07) is 5.02. The maximum atomic E-state index is 10.3. The van der Waals surface area contributed by atoms with Gasteiger partial charge in [0.05, 0.1) is 11.1 Å². The number of carboxylic acid groups (broad SMARTS) is 2. The lowest BCUT2D eigenvalue weighted by atomic mass is 9.82. The van der Waals surface area contributed by atoms with E-state index in [9.17, 15) is 9.59 Å². The van der Waals surface area contributed by atoms with Gasteiger partial charge in [0.15, 0.2) is 0 Å². The van der Waals surface area contributed by atoms with Crippen molar-refractivity contribution >= 4 is 11.9 Å². The molecule has 1 saturated carbocycles.